The topological polar surface area (TPSA) is 44.8 Å². The highest BCUT2D eigenvalue weighted by atomic mass is 16.5. The lowest BCUT2D eigenvalue weighted by molar-refractivity contribution is -0.127. The highest BCUT2D eigenvalue weighted by Gasteiger charge is 2.34. The molecule has 3 fully saturated rings. The Morgan fingerprint density at radius 2 is 2.00 bits per heavy atom. The first-order chi connectivity index (χ1) is 11.1. The van der Waals surface area contributed by atoms with Gasteiger partial charge in [-0.15, -0.1) is 0 Å². The van der Waals surface area contributed by atoms with Crippen LogP contribution in [0.1, 0.15) is 52.4 Å². The highest BCUT2D eigenvalue weighted by molar-refractivity contribution is 5.81. The summed E-state index contributed by atoms with van der Waals surface area (Å²) in [7, 11) is 0. The smallest absolute Gasteiger partial charge is 0.237 e. The van der Waals surface area contributed by atoms with Gasteiger partial charge in [0.05, 0.1) is 12.1 Å². The number of amides is 1. The SMILES string of the molecule is CC(C(=O)NCC1CCCO1)N1CCN(C2CCCC2)C(C)C1. The summed E-state index contributed by atoms with van der Waals surface area (Å²) in [4.78, 5) is 17.5. The summed E-state index contributed by atoms with van der Waals surface area (Å²) in [5, 5.41) is 3.08. The molecule has 23 heavy (non-hydrogen) atoms. The zero-order valence-corrected chi connectivity index (χ0v) is 14.8. The molecule has 0 aromatic heterocycles. The van der Waals surface area contributed by atoms with Crippen molar-refractivity contribution in [2.45, 2.75) is 76.6 Å². The van der Waals surface area contributed by atoms with Crippen LogP contribution in [0.15, 0.2) is 0 Å². The Bertz CT molecular complexity index is 392. The normalized spacial score (nSPS) is 32.3. The van der Waals surface area contributed by atoms with Crippen LogP contribution in [-0.2, 0) is 9.53 Å². The van der Waals surface area contributed by atoms with E-state index in [1.54, 1.807) is 0 Å². The number of nitrogens with zero attached hydrogens (tertiary/aromatic N) is 2. The van der Waals surface area contributed by atoms with Gasteiger partial charge in [0.15, 0.2) is 0 Å². The van der Waals surface area contributed by atoms with E-state index in [0.29, 0.717) is 12.6 Å². The molecule has 0 bridgehead atoms. The Morgan fingerprint density at radius 1 is 1.22 bits per heavy atom. The van der Waals surface area contributed by atoms with Gasteiger partial charge in [0.1, 0.15) is 0 Å². The molecule has 1 N–H and O–H groups in total. The average molecular weight is 323 g/mol. The van der Waals surface area contributed by atoms with Crippen molar-refractivity contribution in [2.75, 3.05) is 32.8 Å². The Hall–Kier alpha value is -0.650. The molecule has 0 spiro atoms. The molecule has 2 heterocycles. The fourth-order valence-electron chi connectivity index (χ4n) is 4.46. The predicted molar refractivity (Wildman–Crippen MR) is 91.4 cm³/mol. The van der Waals surface area contributed by atoms with Crippen molar-refractivity contribution in [1.82, 2.24) is 15.1 Å². The average Bonchev–Trinajstić information content (AvgIpc) is 3.25. The van der Waals surface area contributed by atoms with E-state index in [-0.39, 0.29) is 18.1 Å². The van der Waals surface area contributed by atoms with Crippen LogP contribution >= 0.6 is 0 Å². The van der Waals surface area contributed by atoms with Gasteiger partial charge in [-0.2, -0.15) is 0 Å². The van der Waals surface area contributed by atoms with E-state index < -0.39 is 0 Å². The first-order valence-electron chi connectivity index (χ1n) is 9.54. The molecule has 1 saturated carbocycles. The van der Waals surface area contributed by atoms with E-state index >= 15 is 0 Å². The lowest BCUT2D eigenvalue weighted by Crippen LogP contribution is -2.59. The van der Waals surface area contributed by atoms with Crippen LogP contribution in [0.4, 0.5) is 0 Å². The molecule has 3 unspecified atom stereocenters. The Labute approximate surface area is 140 Å². The van der Waals surface area contributed by atoms with E-state index in [1.807, 2.05) is 6.92 Å². The molecule has 3 rings (SSSR count). The lowest BCUT2D eigenvalue weighted by atomic mass is 10.1. The van der Waals surface area contributed by atoms with Gasteiger partial charge < -0.3 is 10.1 Å². The summed E-state index contributed by atoms with van der Waals surface area (Å²) in [5.74, 6) is 0.155. The number of ether oxygens (including phenoxy) is 1. The Balaban J connectivity index is 1.44. The van der Waals surface area contributed by atoms with E-state index in [9.17, 15) is 4.79 Å². The zero-order valence-electron chi connectivity index (χ0n) is 14.8. The molecule has 5 nitrogen and oxygen atoms in total. The van der Waals surface area contributed by atoms with Crippen molar-refractivity contribution >= 4 is 5.91 Å². The third-order valence-corrected chi connectivity index (χ3v) is 5.96. The fraction of sp³-hybridized carbons (Fsp3) is 0.944. The molecule has 0 aromatic rings. The van der Waals surface area contributed by atoms with Crippen LogP contribution in [0, 0.1) is 0 Å². The second-order valence-corrected chi connectivity index (χ2v) is 7.58. The summed E-state index contributed by atoms with van der Waals surface area (Å²) in [6.07, 6.45) is 7.93. The van der Waals surface area contributed by atoms with Crippen molar-refractivity contribution in [3.05, 3.63) is 0 Å². The molecular weight excluding hydrogens is 290 g/mol. The molecule has 3 aliphatic rings. The van der Waals surface area contributed by atoms with Gasteiger partial charge in [-0.25, -0.2) is 0 Å². The maximum absolute atomic E-state index is 12.4. The van der Waals surface area contributed by atoms with E-state index in [4.69, 9.17) is 4.74 Å². The maximum Gasteiger partial charge on any atom is 0.237 e. The molecule has 1 aliphatic carbocycles. The number of rotatable bonds is 5. The van der Waals surface area contributed by atoms with Gasteiger partial charge >= 0.3 is 0 Å². The third kappa shape index (κ3) is 4.25. The van der Waals surface area contributed by atoms with Gasteiger partial charge in [0, 0.05) is 44.9 Å². The van der Waals surface area contributed by atoms with Gasteiger partial charge in [-0.1, -0.05) is 12.8 Å². The summed E-state index contributed by atoms with van der Waals surface area (Å²) in [6.45, 7) is 9.00. The maximum atomic E-state index is 12.4. The Kier molecular flexibility index (Phi) is 5.94. The van der Waals surface area contributed by atoms with E-state index in [2.05, 4.69) is 22.0 Å². The molecule has 3 atom stereocenters. The predicted octanol–water partition coefficient (Wildman–Crippen LogP) is 1.62. The van der Waals surface area contributed by atoms with Crippen molar-refractivity contribution in [3.63, 3.8) is 0 Å². The summed E-state index contributed by atoms with van der Waals surface area (Å²) < 4.78 is 5.58. The first-order valence-corrected chi connectivity index (χ1v) is 9.54. The van der Waals surface area contributed by atoms with Crippen LogP contribution in [0.3, 0.4) is 0 Å². The molecule has 0 radical (unpaired) electrons. The van der Waals surface area contributed by atoms with Crippen LogP contribution in [0.25, 0.3) is 0 Å². The largest absolute Gasteiger partial charge is 0.376 e. The molecular formula is C18H33N3O2. The molecule has 2 saturated heterocycles. The summed E-state index contributed by atoms with van der Waals surface area (Å²) in [6, 6.07) is 1.31. The van der Waals surface area contributed by atoms with Crippen LogP contribution in [0.5, 0.6) is 0 Å². The number of carbonyl (C=O) groups excluding carboxylic acids is 1. The molecule has 1 amide bonds. The highest BCUT2D eigenvalue weighted by Crippen LogP contribution is 2.27. The van der Waals surface area contributed by atoms with Crippen molar-refractivity contribution < 1.29 is 9.53 Å². The van der Waals surface area contributed by atoms with E-state index in [0.717, 1.165) is 45.1 Å². The quantitative estimate of drug-likeness (QED) is 0.835. The van der Waals surface area contributed by atoms with Gasteiger partial charge in [0.25, 0.3) is 0 Å². The second kappa shape index (κ2) is 7.95. The van der Waals surface area contributed by atoms with Gasteiger partial charge in [0.2, 0.25) is 5.91 Å². The van der Waals surface area contributed by atoms with Crippen LogP contribution < -0.4 is 5.32 Å². The molecule has 2 aliphatic heterocycles. The molecule has 132 valence electrons. The number of hydrogen-bond donors (Lipinski definition) is 1. The number of carbonyl (C=O) groups is 1. The minimum atomic E-state index is -0.0374. The summed E-state index contributed by atoms with van der Waals surface area (Å²) >= 11 is 0. The minimum absolute atomic E-state index is 0.0374. The second-order valence-electron chi connectivity index (χ2n) is 7.58. The minimum Gasteiger partial charge on any atom is -0.376 e. The van der Waals surface area contributed by atoms with E-state index in [1.165, 1.54) is 25.7 Å². The van der Waals surface area contributed by atoms with Crippen LogP contribution in [-0.4, -0.2) is 72.7 Å². The zero-order chi connectivity index (χ0) is 16.2. The lowest BCUT2D eigenvalue weighted by Gasteiger charge is -2.44. The number of nitrogens with one attached hydrogen (secondary N) is 1. The molecule has 5 heteroatoms. The van der Waals surface area contributed by atoms with Crippen molar-refractivity contribution in [1.29, 1.82) is 0 Å². The Morgan fingerprint density at radius 3 is 2.65 bits per heavy atom. The fourth-order valence-corrected chi connectivity index (χ4v) is 4.46. The van der Waals surface area contributed by atoms with Crippen molar-refractivity contribution in [2.24, 2.45) is 0 Å². The molecule has 0 aromatic carbocycles. The van der Waals surface area contributed by atoms with Gasteiger partial charge in [-0.3, -0.25) is 14.6 Å². The van der Waals surface area contributed by atoms with Gasteiger partial charge in [-0.05, 0) is 39.5 Å². The standard InChI is InChI=1S/C18H33N3O2/c1-14-13-20(9-10-21(14)16-6-3-4-7-16)15(2)18(22)19-12-17-8-5-11-23-17/h14-17H,3-13H2,1-2H3,(H,19,22). The first kappa shape index (κ1) is 17.2. The third-order valence-electron chi connectivity index (χ3n) is 5.96. The summed E-state index contributed by atoms with van der Waals surface area (Å²) in [5.41, 5.74) is 0. The number of piperazine rings is 1. The van der Waals surface area contributed by atoms with Crippen molar-refractivity contribution in [3.8, 4) is 0 Å². The monoisotopic (exact) mass is 323 g/mol. The number of hydrogen-bond acceptors (Lipinski definition) is 4. The van der Waals surface area contributed by atoms with Crippen LogP contribution in [0.2, 0.25) is 0 Å².